The number of halogens is 1. The van der Waals surface area contributed by atoms with Gasteiger partial charge in [0, 0.05) is 35.9 Å². The first kappa shape index (κ1) is 21.8. The third kappa shape index (κ3) is 5.82. The number of nitrogens with one attached hydrogen (secondary N) is 2. The molecule has 1 atom stereocenters. The third-order valence-corrected chi connectivity index (χ3v) is 4.65. The predicted molar refractivity (Wildman–Crippen MR) is 118 cm³/mol. The second kappa shape index (κ2) is 9.75. The van der Waals surface area contributed by atoms with Crippen LogP contribution in [-0.2, 0) is 12.0 Å². The average Bonchev–Trinajstić information content (AvgIpc) is 3.39. The maximum Gasteiger partial charge on any atom is 0.232 e. The van der Waals surface area contributed by atoms with Crippen molar-refractivity contribution in [3.8, 4) is 0 Å². The minimum atomic E-state index is -0.187. The Hall–Kier alpha value is -2.87. The van der Waals surface area contributed by atoms with Gasteiger partial charge in [-0.25, -0.2) is 4.99 Å². The Morgan fingerprint density at radius 3 is 2.60 bits per heavy atom. The van der Waals surface area contributed by atoms with Gasteiger partial charge in [0.15, 0.2) is 11.8 Å². The molecular formula is C21H28ClN7O. The zero-order valence-electron chi connectivity index (χ0n) is 17.8. The lowest BCUT2D eigenvalue weighted by Crippen LogP contribution is -2.40. The SMILES string of the molecule is CCNC(=NCc1noc(C(C)(C)C)n1)NCC(c1ccc(Cl)cc1)n1cccn1. The molecule has 9 heteroatoms. The standard InChI is InChI=1S/C21H28ClN7O/c1-5-23-20(25-14-18-27-19(30-28-18)21(2,3)4)24-13-17(29-12-6-11-26-29)15-7-9-16(22)10-8-15/h6-12,17H,5,13-14H2,1-4H3,(H2,23,24,25). The van der Waals surface area contributed by atoms with Gasteiger partial charge in [0.05, 0.1) is 6.04 Å². The zero-order valence-corrected chi connectivity index (χ0v) is 18.5. The summed E-state index contributed by atoms with van der Waals surface area (Å²) in [6.45, 7) is 9.77. The summed E-state index contributed by atoms with van der Waals surface area (Å²) < 4.78 is 7.25. The summed E-state index contributed by atoms with van der Waals surface area (Å²) >= 11 is 6.05. The van der Waals surface area contributed by atoms with E-state index in [2.05, 4.69) is 30.9 Å². The number of rotatable bonds is 7. The van der Waals surface area contributed by atoms with Crippen LogP contribution in [0.15, 0.2) is 52.2 Å². The first-order valence-electron chi connectivity index (χ1n) is 9.96. The van der Waals surface area contributed by atoms with Crippen molar-refractivity contribution < 1.29 is 4.52 Å². The molecule has 0 spiro atoms. The van der Waals surface area contributed by atoms with E-state index >= 15 is 0 Å². The highest BCUT2D eigenvalue weighted by Crippen LogP contribution is 2.20. The van der Waals surface area contributed by atoms with Crippen LogP contribution in [0.3, 0.4) is 0 Å². The molecule has 1 unspecified atom stereocenters. The van der Waals surface area contributed by atoms with E-state index in [9.17, 15) is 0 Å². The lowest BCUT2D eigenvalue weighted by molar-refractivity contribution is 0.318. The van der Waals surface area contributed by atoms with Gasteiger partial charge in [-0.15, -0.1) is 0 Å². The number of hydrogen-bond donors (Lipinski definition) is 2. The van der Waals surface area contributed by atoms with Gasteiger partial charge in [0.2, 0.25) is 5.89 Å². The lowest BCUT2D eigenvalue weighted by atomic mass is 9.97. The van der Waals surface area contributed by atoms with Crippen LogP contribution >= 0.6 is 11.6 Å². The van der Waals surface area contributed by atoms with Gasteiger partial charge >= 0.3 is 0 Å². The molecule has 0 aliphatic carbocycles. The molecule has 0 saturated heterocycles. The molecule has 2 heterocycles. The number of aromatic nitrogens is 4. The number of aliphatic imine (C=N–C) groups is 1. The van der Waals surface area contributed by atoms with Crippen molar-refractivity contribution in [2.75, 3.05) is 13.1 Å². The van der Waals surface area contributed by atoms with E-state index in [1.54, 1.807) is 6.20 Å². The molecule has 1 aromatic carbocycles. The summed E-state index contributed by atoms with van der Waals surface area (Å²) in [5, 5.41) is 15.8. The first-order chi connectivity index (χ1) is 14.4. The van der Waals surface area contributed by atoms with Crippen LogP contribution in [0.5, 0.6) is 0 Å². The predicted octanol–water partition coefficient (Wildman–Crippen LogP) is 3.56. The number of guanidine groups is 1. The van der Waals surface area contributed by atoms with Crippen LogP contribution in [0, 0.1) is 0 Å². The number of nitrogens with zero attached hydrogens (tertiary/aromatic N) is 5. The Morgan fingerprint density at radius 2 is 2.00 bits per heavy atom. The molecule has 2 N–H and O–H groups in total. The van der Waals surface area contributed by atoms with Crippen LogP contribution in [0.1, 0.15) is 51.0 Å². The third-order valence-electron chi connectivity index (χ3n) is 4.39. The maximum atomic E-state index is 6.05. The van der Waals surface area contributed by atoms with Crippen molar-refractivity contribution >= 4 is 17.6 Å². The molecular weight excluding hydrogens is 402 g/mol. The van der Waals surface area contributed by atoms with Gasteiger partial charge in [-0.2, -0.15) is 10.1 Å². The molecule has 0 saturated carbocycles. The van der Waals surface area contributed by atoms with E-state index in [0.717, 1.165) is 12.1 Å². The van der Waals surface area contributed by atoms with Crippen molar-refractivity contribution in [1.82, 2.24) is 30.6 Å². The largest absolute Gasteiger partial charge is 0.357 e. The fraction of sp³-hybridized carbons (Fsp3) is 0.429. The van der Waals surface area contributed by atoms with Crippen molar-refractivity contribution in [3.63, 3.8) is 0 Å². The maximum absolute atomic E-state index is 6.05. The molecule has 0 radical (unpaired) electrons. The lowest BCUT2D eigenvalue weighted by Gasteiger charge is -2.20. The number of hydrogen-bond acceptors (Lipinski definition) is 5. The summed E-state index contributed by atoms with van der Waals surface area (Å²) in [5.74, 6) is 1.83. The molecule has 2 aromatic heterocycles. The molecule has 0 amide bonds. The zero-order chi connectivity index (χ0) is 21.6. The van der Waals surface area contributed by atoms with E-state index < -0.39 is 0 Å². The van der Waals surface area contributed by atoms with E-state index in [-0.39, 0.29) is 11.5 Å². The Balaban J connectivity index is 1.71. The fourth-order valence-electron chi connectivity index (χ4n) is 2.82. The van der Waals surface area contributed by atoms with Gasteiger partial charge in [-0.3, -0.25) is 4.68 Å². The van der Waals surface area contributed by atoms with Gasteiger partial charge in [-0.05, 0) is 30.7 Å². The van der Waals surface area contributed by atoms with Crippen molar-refractivity contribution in [2.45, 2.75) is 45.7 Å². The summed E-state index contributed by atoms with van der Waals surface area (Å²) in [6.07, 6.45) is 3.71. The fourth-order valence-corrected chi connectivity index (χ4v) is 2.95. The summed E-state index contributed by atoms with van der Waals surface area (Å²) in [4.78, 5) is 9.04. The smallest absolute Gasteiger partial charge is 0.232 e. The highest BCUT2D eigenvalue weighted by molar-refractivity contribution is 6.30. The molecule has 3 rings (SSSR count). The minimum Gasteiger partial charge on any atom is -0.357 e. The van der Waals surface area contributed by atoms with Gasteiger partial charge in [-0.1, -0.05) is 49.7 Å². The van der Waals surface area contributed by atoms with Crippen molar-refractivity contribution in [3.05, 3.63) is 65.0 Å². The molecule has 160 valence electrons. The average molecular weight is 430 g/mol. The van der Waals surface area contributed by atoms with Crippen LogP contribution in [0.2, 0.25) is 5.02 Å². The molecule has 0 fully saturated rings. The highest BCUT2D eigenvalue weighted by Gasteiger charge is 2.21. The summed E-state index contributed by atoms with van der Waals surface area (Å²) in [7, 11) is 0. The summed E-state index contributed by atoms with van der Waals surface area (Å²) in [6, 6.07) is 9.68. The Bertz CT molecular complexity index is 943. The van der Waals surface area contributed by atoms with E-state index in [1.807, 2.05) is 68.9 Å². The Kier molecular flexibility index (Phi) is 7.10. The van der Waals surface area contributed by atoms with Crippen molar-refractivity contribution in [2.24, 2.45) is 4.99 Å². The van der Waals surface area contributed by atoms with Crippen molar-refractivity contribution in [1.29, 1.82) is 0 Å². The van der Waals surface area contributed by atoms with Crippen LogP contribution < -0.4 is 10.6 Å². The van der Waals surface area contributed by atoms with Gasteiger partial charge in [0.25, 0.3) is 0 Å². The molecule has 3 aromatic rings. The first-order valence-corrected chi connectivity index (χ1v) is 10.3. The van der Waals surface area contributed by atoms with Crippen LogP contribution in [0.25, 0.3) is 0 Å². The van der Waals surface area contributed by atoms with E-state index in [4.69, 9.17) is 16.1 Å². The Morgan fingerprint density at radius 1 is 1.23 bits per heavy atom. The molecule has 0 aliphatic rings. The molecule has 0 aliphatic heterocycles. The van der Waals surface area contributed by atoms with Gasteiger partial charge < -0.3 is 15.2 Å². The molecule has 8 nitrogen and oxygen atoms in total. The monoisotopic (exact) mass is 429 g/mol. The summed E-state index contributed by atoms with van der Waals surface area (Å²) in [5.41, 5.74) is 0.909. The molecule has 30 heavy (non-hydrogen) atoms. The quantitative estimate of drug-likeness (QED) is 0.440. The minimum absolute atomic E-state index is 0.0150. The topological polar surface area (TPSA) is 93.2 Å². The normalized spacial score (nSPS) is 13.3. The highest BCUT2D eigenvalue weighted by atomic mass is 35.5. The van der Waals surface area contributed by atoms with Gasteiger partial charge in [0.1, 0.15) is 6.54 Å². The molecule has 0 bridgehead atoms. The second-order valence-corrected chi connectivity index (χ2v) is 8.33. The van der Waals surface area contributed by atoms with Crippen LogP contribution in [0.4, 0.5) is 0 Å². The van der Waals surface area contributed by atoms with E-state index in [1.165, 1.54) is 0 Å². The van der Waals surface area contributed by atoms with Crippen LogP contribution in [-0.4, -0.2) is 39.0 Å². The number of benzene rings is 1. The van der Waals surface area contributed by atoms with E-state index in [0.29, 0.717) is 35.8 Å². The Labute approximate surface area is 181 Å². The second-order valence-electron chi connectivity index (χ2n) is 7.90.